The second-order valence-corrected chi connectivity index (χ2v) is 20.8. The monoisotopic (exact) mass is 1190 g/mol. The first-order valence-corrected chi connectivity index (χ1v) is 33.3. The van der Waals surface area contributed by atoms with Crippen LogP contribution in [0.1, 0.15) is 173 Å². The van der Waals surface area contributed by atoms with E-state index in [2.05, 4.69) is 130 Å². The van der Waals surface area contributed by atoms with Crippen LogP contribution >= 0.6 is 0 Å². The second kappa shape index (κ2) is 73.0. The number of hydrogen-bond donors (Lipinski definition) is 1. The van der Waals surface area contributed by atoms with Crippen molar-refractivity contribution in [3.8, 4) is 11.1 Å². The average Bonchev–Trinajstić information content (AvgIpc) is 3.67. The molecule has 9 nitrogen and oxygen atoms in total. The molecule has 0 heterocycles. The number of rotatable bonds is 19. The van der Waals surface area contributed by atoms with Crippen molar-refractivity contribution in [2.24, 2.45) is 35.0 Å². The van der Waals surface area contributed by atoms with Crippen LogP contribution in [-0.2, 0) is 44.0 Å². The van der Waals surface area contributed by atoms with E-state index >= 15 is 0 Å². The van der Waals surface area contributed by atoms with Gasteiger partial charge in [0.2, 0.25) is 0 Å². The first-order chi connectivity index (χ1) is 40.1. The largest absolute Gasteiger partial charge is 0.424 e. The number of aliphatic hydroxyl groups is 1. The fraction of sp³-hybridized carbons (Fsp3) is 0.671. The molecule has 2 bridgehead atoms. The summed E-state index contributed by atoms with van der Waals surface area (Å²) in [6.45, 7) is 37.1. The maximum absolute atomic E-state index is 9.13. The van der Waals surface area contributed by atoms with E-state index in [1.807, 2.05) is 96.2 Å². The molecule has 0 aromatic heterocycles. The van der Waals surface area contributed by atoms with Gasteiger partial charge in [0, 0.05) is 72.0 Å². The molecule has 0 saturated heterocycles. The Balaban J connectivity index is -0.000000133. The third-order valence-electron chi connectivity index (χ3n) is 12.4. The standard InChI is InChI=1S/C14H14.C13H12.C10H16.C8H18O4.C7H16O3.C4H10O.C3H10OSi.6C2H6.2CH4/c1-11-3-7-13(8-4-11)14-9-5-12(2)6-10-14;1-3-7-12(8-4-1)11-13-9-5-2-6-10-13;1-2-9-7-4-5-8(6-7)10(9)3-1;1-10-5-8(4-9,6-11-2)7-12-3;1-8-4-7(5-9-2)6-10-3;1-3-4-5-2;1-4-5(2)3;6*1-2;;/h3-10H,1-2H3;1-10H,11H2;7-10H,1-6H2;9H,4-7H2,1-3H3;7H,4-6H2,1-3H3;3-4H2,1-2H3;5H,1-3H3;6*1-2H3;2*1H4/i;;;;7T;;5T;;;;;;;;. The highest BCUT2D eigenvalue weighted by Gasteiger charge is 2.48. The quantitative estimate of drug-likeness (QED) is 0.0921. The van der Waals surface area contributed by atoms with Crippen LogP contribution < -0.4 is 0 Å². The van der Waals surface area contributed by atoms with Crippen LogP contribution in [0.3, 0.4) is 0 Å². The first kappa shape index (κ1) is 90.9. The third-order valence-corrected chi connectivity index (χ3v) is 13.2. The maximum Gasteiger partial charge on any atom is 0.170 e. The zero-order chi connectivity index (χ0) is 65.0. The predicted octanol–water partition coefficient (Wildman–Crippen LogP) is 19.6. The molecule has 4 aromatic carbocycles. The molecule has 3 saturated carbocycles. The first-order valence-electron chi connectivity index (χ1n) is 31.9. The molecule has 7 rings (SSSR count). The van der Waals surface area contributed by atoms with E-state index in [-0.39, 0.29) is 21.5 Å². The van der Waals surface area contributed by atoms with E-state index in [9.17, 15) is 0 Å². The van der Waals surface area contributed by atoms with Gasteiger partial charge < -0.3 is 42.7 Å². The van der Waals surface area contributed by atoms with Gasteiger partial charge in [-0.3, -0.25) is 0 Å². The number of fused-ring (bicyclic) bond motifs is 5. The highest BCUT2D eigenvalue weighted by Crippen LogP contribution is 2.58. The molecule has 4 unspecified atom stereocenters. The van der Waals surface area contributed by atoms with Gasteiger partial charge in [-0.2, -0.15) is 0 Å². The Hall–Kier alpha value is -3.26. The molecular weight excluding hydrogens is 1050 g/mol. The summed E-state index contributed by atoms with van der Waals surface area (Å²) in [7, 11) is 10.9. The number of benzene rings is 4. The number of methoxy groups -OCH3 is 7. The van der Waals surface area contributed by atoms with Crippen LogP contribution in [0, 0.1) is 48.8 Å². The number of aryl methyl sites for hydroxylation is 2. The second-order valence-electron chi connectivity index (χ2n) is 18.6. The Morgan fingerprint density at radius 1 is 0.506 bits per heavy atom. The summed E-state index contributed by atoms with van der Waals surface area (Å²) in [5.74, 6) is 4.03. The minimum absolute atomic E-state index is 0. The van der Waals surface area contributed by atoms with Crippen molar-refractivity contribution in [2.75, 3.05) is 110 Å². The van der Waals surface area contributed by atoms with Gasteiger partial charge in [0.1, 0.15) is 0 Å². The van der Waals surface area contributed by atoms with Gasteiger partial charge in [0.05, 0.1) is 51.7 Å². The van der Waals surface area contributed by atoms with Crippen molar-refractivity contribution < 1.29 is 44.1 Å². The third kappa shape index (κ3) is 50.6. The summed E-state index contributed by atoms with van der Waals surface area (Å²) in [4.78, 5) is 0. The highest BCUT2D eigenvalue weighted by atomic mass is 28.3. The van der Waals surface area contributed by atoms with Gasteiger partial charge in [0.25, 0.3) is 0 Å². The Kier molecular flexibility index (Phi) is 80.0. The van der Waals surface area contributed by atoms with Crippen molar-refractivity contribution in [3.63, 3.8) is 0 Å². The van der Waals surface area contributed by atoms with Gasteiger partial charge >= 0.3 is 0 Å². The summed E-state index contributed by atoms with van der Waals surface area (Å²) in [6.07, 6.45) is 11.7. The van der Waals surface area contributed by atoms with Crippen molar-refractivity contribution in [1.82, 2.24) is 0 Å². The Morgan fingerprint density at radius 2 is 0.819 bits per heavy atom. The lowest BCUT2D eigenvalue weighted by atomic mass is 9.82. The van der Waals surface area contributed by atoms with Crippen LogP contribution in [0.15, 0.2) is 109 Å². The molecule has 3 aliphatic rings. The fourth-order valence-corrected chi connectivity index (χ4v) is 9.06. The molecule has 3 aliphatic carbocycles. The summed E-state index contributed by atoms with van der Waals surface area (Å²) >= 11 is 0. The van der Waals surface area contributed by atoms with E-state index in [1.54, 1.807) is 95.4 Å². The molecule has 4 atom stereocenters. The molecule has 490 valence electrons. The Labute approximate surface area is 522 Å². The minimum atomic E-state index is -1.88. The van der Waals surface area contributed by atoms with Crippen molar-refractivity contribution in [3.05, 3.63) is 131 Å². The lowest BCUT2D eigenvalue weighted by Gasteiger charge is -2.29. The van der Waals surface area contributed by atoms with Crippen molar-refractivity contribution >= 4 is 8.97 Å². The smallest absolute Gasteiger partial charge is 0.170 e. The SMILES string of the molecule is C.C.C1CC2C3CCC(C3)C2C1.CC.CC.CC.CC.CC.CC.CCCOC.COCC(CO)(COC)COC.Cc1ccc(-c2ccc(C)cc2)cc1.[3H]C(COC)(COC)COC.[3H][Si](C)(C)OC.c1ccc(Cc2ccccc2)cc1. The van der Waals surface area contributed by atoms with E-state index in [0.717, 1.165) is 19.4 Å². The van der Waals surface area contributed by atoms with Crippen molar-refractivity contribution in [1.29, 1.82) is 1.23 Å². The molecule has 0 amide bonds. The number of ether oxygens (including phenoxy) is 7. The average molecular weight is 1190 g/mol. The Morgan fingerprint density at radius 3 is 1.05 bits per heavy atom. The summed E-state index contributed by atoms with van der Waals surface area (Å²) in [6, 6.07) is 38.3. The lowest BCUT2D eigenvalue weighted by molar-refractivity contribution is -0.0669. The van der Waals surface area contributed by atoms with Crippen LogP contribution in [0.2, 0.25) is 13.1 Å². The van der Waals surface area contributed by atoms with Gasteiger partial charge in [-0.1, -0.05) is 232 Å². The van der Waals surface area contributed by atoms with Crippen LogP contribution in [-0.4, -0.2) is 125 Å². The zero-order valence-corrected chi connectivity index (χ0v) is 58.2. The molecular formula is C73H140O9Si. The van der Waals surface area contributed by atoms with Gasteiger partial charge in [-0.25, -0.2) is 0 Å². The molecule has 0 radical (unpaired) electrons. The van der Waals surface area contributed by atoms with Crippen LogP contribution in [0.4, 0.5) is 0 Å². The van der Waals surface area contributed by atoms with E-state index in [1.165, 1.54) is 57.1 Å². The molecule has 4 aromatic rings. The maximum atomic E-state index is 9.13. The summed E-state index contributed by atoms with van der Waals surface area (Å²) in [5.41, 5.74) is 7.51. The molecule has 3 fully saturated rings. The van der Waals surface area contributed by atoms with E-state index in [0.29, 0.717) is 39.6 Å². The van der Waals surface area contributed by atoms with Gasteiger partial charge in [-0.05, 0) is 118 Å². The predicted molar refractivity (Wildman–Crippen MR) is 373 cm³/mol. The number of aliphatic hydroxyl groups excluding tert-OH is 1. The van der Waals surface area contributed by atoms with Crippen LogP contribution in [0.5, 0.6) is 0 Å². The van der Waals surface area contributed by atoms with Gasteiger partial charge in [-0.15, -0.1) is 0 Å². The van der Waals surface area contributed by atoms with E-state index < -0.39 is 20.3 Å². The lowest BCUT2D eigenvalue weighted by Crippen LogP contribution is -2.39. The molecule has 1 N–H and O–H groups in total. The zero-order valence-electron chi connectivity index (χ0n) is 59.2. The van der Waals surface area contributed by atoms with Crippen molar-refractivity contribution in [2.45, 2.75) is 183 Å². The summed E-state index contributed by atoms with van der Waals surface area (Å²) < 4.78 is 53.8. The van der Waals surface area contributed by atoms with Gasteiger partial charge in [0.15, 0.2) is 8.97 Å². The number of hydrogen-bond acceptors (Lipinski definition) is 9. The molecule has 0 aliphatic heterocycles. The Bertz CT molecular complexity index is 1700. The highest BCUT2D eigenvalue weighted by molar-refractivity contribution is 6.48. The topological polar surface area (TPSA) is 94.1 Å². The molecule has 83 heavy (non-hydrogen) atoms. The summed E-state index contributed by atoms with van der Waals surface area (Å²) in [5, 5.41) is 9.13. The van der Waals surface area contributed by atoms with E-state index in [4.69, 9.17) is 45.3 Å². The molecule has 10 heteroatoms. The fourth-order valence-electron chi connectivity index (χ4n) is 9.06. The molecule has 0 spiro atoms. The minimum Gasteiger partial charge on any atom is -0.424 e. The normalized spacial score (nSPS) is 15.3. The van der Waals surface area contributed by atoms with Crippen LogP contribution in [0.25, 0.3) is 11.1 Å².